The van der Waals surface area contributed by atoms with Crippen molar-refractivity contribution in [2.24, 2.45) is 0 Å². The zero-order valence-corrected chi connectivity index (χ0v) is 25.2. The number of hydrogen-bond donors (Lipinski definition) is 2. The summed E-state index contributed by atoms with van der Waals surface area (Å²) in [6, 6.07) is 7.78. The van der Waals surface area contributed by atoms with E-state index in [1.807, 2.05) is 0 Å². The molecule has 0 bridgehead atoms. The Kier molecular flexibility index (Phi) is 8.66. The lowest BCUT2D eigenvalue weighted by Gasteiger charge is -2.45. The van der Waals surface area contributed by atoms with Gasteiger partial charge in [0.15, 0.2) is 5.82 Å². The summed E-state index contributed by atoms with van der Waals surface area (Å²) in [4.78, 5) is 4.33. The number of ether oxygens (including phenoxy) is 2. The first-order valence-electron chi connectivity index (χ1n) is 12.7. The van der Waals surface area contributed by atoms with Crippen LogP contribution in [-0.4, -0.2) is 66.3 Å². The second-order valence-corrected chi connectivity index (χ2v) is 11.4. The Morgan fingerprint density at radius 1 is 1.14 bits per heavy atom. The Bertz CT molecular complexity index is 1580. The van der Waals surface area contributed by atoms with Crippen LogP contribution in [0.5, 0.6) is 0 Å². The molecule has 3 heterocycles. The van der Waals surface area contributed by atoms with Crippen molar-refractivity contribution in [3.63, 3.8) is 0 Å². The molecule has 1 aliphatic rings. The number of aliphatic hydroxyl groups is 2. The monoisotopic (exact) mass is 721 g/mol. The van der Waals surface area contributed by atoms with Crippen molar-refractivity contribution in [2.45, 2.75) is 56.6 Å². The van der Waals surface area contributed by atoms with E-state index in [2.05, 4.69) is 37.8 Å². The first kappa shape index (κ1) is 30.8. The first-order chi connectivity index (χ1) is 19.8. The van der Waals surface area contributed by atoms with Gasteiger partial charge in [-0.15, -0.1) is 0 Å². The zero-order valence-electron chi connectivity index (χ0n) is 22.3. The van der Waals surface area contributed by atoms with Crippen molar-refractivity contribution in [2.75, 3.05) is 7.11 Å². The second-order valence-electron chi connectivity index (χ2n) is 9.84. The molecule has 1 aliphatic heterocycles. The SMILES string of the molecule is CO[C@H]1C(C(C)O)O[C@@H](c2nc(C)nn2-c2cc(Cl)ccc2C(F)(F)F)C(O)C1n1cc(I)c(-c2ccc(F)cc2)n1. The van der Waals surface area contributed by atoms with Crippen LogP contribution in [0.2, 0.25) is 5.02 Å². The molecule has 224 valence electrons. The van der Waals surface area contributed by atoms with E-state index in [0.29, 0.717) is 14.8 Å². The minimum Gasteiger partial charge on any atom is -0.391 e. The predicted molar refractivity (Wildman–Crippen MR) is 152 cm³/mol. The van der Waals surface area contributed by atoms with Gasteiger partial charge in [0.2, 0.25) is 0 Å². The molecule has 15 heteroatoms. The molecule has 0 aliphatic carbocycles. The van der Waals surface area contributed by atoms with Crippen molar-refractivity contribution >= 4 is 34.2 Å². The molecule has 0 spiro atoms. The number of aryl methyl sites for hydroxylation is 1. The normalized spacial score (nSPS) is 23.7. The highest BCUT2D eigenvalue weighted by Crippen LogP contribution is 2.42. The van der Waals surface area contributed by atoms with E-state index < -0.39 is 59.8 Å². The predicted octanol–water partition coefficient (Wildman–Crippen LogP) is 5.29. The lowest BCUT2D eigenvalue weighted by molar-refractivity contribution is -0.230. The molecule has 0 amide bonds. The molecule has 6 atom stereocenters. The number of benzene rings is 2. The van der Waals surface area contributed by atoms with Crippen molar-refractivity contribution in [3.8, 4) is 16.9 Å². The summed E-state index contributed by atoms with van der Waals surface area (Å²) < 4.78 is 70.4. The fraction of sp³-hybridized carbons (Fsp3) is 0.370. The van der Waals surface area contributed by atoms with E-state index in [4.69, 9.17) is 21.1 Å². The van der Waals surface area contributed by atoms with E-state index in [0.717, 1.165) is 22.9 Å². The number of halogens is 6. The number of alkyl halides is 3. The third-order valence-electron chi connectivity index (χ3n) is 6.97. The third-order valence-corrected chi connectivity index (χ3v) is 7.99. The van der Waals surface area contributed by atoms with Crippen LogP contribution in [-0.2, 0) is 15.7 Å². The number of nitrogens with zero attached hydrogens (tertiary/aromatic N) is 5. The van der Waals surface area contributed by atoms with Crippen LogP contribution in [0, 0.1) is 16.3 Å². The second kappa shape index (κ2) is 11.8. The topological polar surface area (TPSA) is 107 Å². The molecular weight excluding hydrogens is 697 g/mol. The Balaban J connectivity index is 1.64. The van der Waals surface area contributed by atoms with Crippen LogP contribution in [0.3, 0.4) is 0 Å². The smallest absolute Gasteiger partial charge is 0.391 e. The lowest BCUT2D eigenvalue weighted by atomic mass is 9.89. The average Bonchev–Trinajstić information content (AvgIpc) is 3.50. The van der Waals surface area contributed by atoms with Gasteiger partial charge in [-0.3, -0.25) is 4.68 Å². The molecule has 2 N–H and O–H groups in total. The van der Waals surface area contributed by atoms with Gasteiger partial charge in [0.1, 0.15) is 47.8 Å². The summed E-state index contributed by atoms with van der Waals surface area (Å²) >= 11 is 8.14. The highest BCUT2D eigenvalue weighted by atomic mass is 127. The highest BCUT2D eigenvalue weighted by molar-refractivity contribution is 14.1. The largest absolute Gasteiger partial charge is 0.418 e. The quantitative estimate of drug-likeness (QED) is 0.206. The van der Waals surface area contributed by atoms with Gasteiger partial charge in [0.05, 0.1) is 20.9 Å². The fourth-order valence-corrected chi connectivity index (χ4v) is 5.99. The Labute approximate surface area is 256 Å². The zero-order chi connectivity index (χ0) is 30.5. The molecule has 4 unspecified atom stereocenters. The van der Waals surface area contributed by atoms with E-state index in [1.165, 1.54) is 37.8 Å². The fourth-order valence-electron chi connectivity index (χ4n) is 5.12. The molecule has 2 aromatic heterocycles. The summed E-state index contributed by atoms with van der Waals surface area (Å²) in [6.07, 6.45) is -9.10. The minimum atomic E-state index is -4.75. The molecular formula is C27H25ClF4IN5O4. The number of methoxy groups -OCH3 is 1. The van der Waals surface area contributed by atoms with Gasteiger partial charge < -0.3 is 19.7 Å². The summed E-state index contributed by atoms with van der Waals surface area (Å²) in [5.74, 6) is -0.443. The van der Waals surface area contributed by atoms with Crippen LogP contribution in [0.15, 0.2) is 48.7 Å². The van der Waals surface area contributed by atoms with Crippen molar-refractivity contribution in [3.05, 3.63) is 80.3 Å². The van der Waals surface area contributed by atoms with Crippen LogP contribution in [0.25, 0.3) is 16.9 Å². The minimum absolute atomic E-state index is 0.0285. The molecule has 9 nitrogen and oxygen atoms in total. The van der Waals surface area contributed by atoms with Gasteiger partial charge in [0, 0.05) is 23.9 Å². The molecule has 1 saturated heterocycles. The maximum absolute atomic E-state index is 14.0. The number of rotatable bonds is 6. The summed E-state index contributed by atoms with van der Waals surface area (Å²) in [5, 5.41) is 31.3. The van der Waals surface area contributed by atoms with Gasteiger partial charge in [0.25, 0.3) is 0 Å². The van der Waals surface area contributed by atoms with Gasteiger partial charge >= 0.3 is 6.18 Å². The van der Waals surface area contributed by atoms with Crippen molar-refractivity contribution in [1.29, 1.82) is 0 Å². The standard InChI is InChI=1S/C27H25ClF4IN5O4/c1-12(39)23-24(41-3)21(37-11-18(33)20(36-37)14-4-7-16(29)8-5-14)22(40)25(42-23)26-34-13(2)35-38(26)19-10-15(28)6-9-17(19)27(30,31)32/h4-12,21-25,39-40H,1-3H3/t12?,21?,22?,23?,24-,25-/m1/s1. The average molecular weight is 722 g/mol. The summed E-state index contributed by atoms with van der Waals surface area (Å²) in [6.45, 7) is 2.95. The Morgan fingerprint density at radius 2 is 1.83 bits per heavy atom. The van der Waals surface area contributed by atoms with Crippen LogP contribution in [0.1, 0.15) is 36.3 Å². The molecule has 1 fully saturated rings. The molecule has 0 saturated carbocycles. The van der Waals surface area contributed by atoms with Crippen molar-refractivity contribution < 1.29 is 37.2 Å². The van der Waals surface area contributed by atoms with Gasteiger partial charge in [-0.25, -0.2) is 14.1 Å². The van der Waals surface area contributed by atoms with E-state index in [9.17, 15) is 27.8 Å². The number of aliphatic hydroxyl groups excluding tert-OH is 2. The van der Waals surface area contributed by atoms with Gasteiger partial charge in [-0.2, -0.15) is 23.4 Å². The maximum atomic E-state index is 14.0. The molecule has 0 radical (unpaired) electrons. The first-order valence-corrected chi connectivity index (χ1v) is 14.1. The third kappa shape index (κ3) is 5.79. The lowest BCUT2D eigenvalue weighted by Crippen LogP contribution is -2.56. The summed E-state index contributed by atoms with van der Waals surface area (Å²) in [5.41, 5.74) is -0.309. The van der Waals surface area contributed by atoms with Crippen molar-refractivity contribution in [1.82, 2.24) is 24.5 Å². The van der Waals surface area contributed by atoms with Crippen LogP contribution >= 0.6 is 34.2 Å². The Morgan fingerprint density at radius 3 is 2.45 bits per heavy atom. The summed E-state index contributed by atoms with van der Waals surface area (Å²) in [7, 11) is 1.38. The van der Waals surface area contributed by atoms with Gasteiger partial charge in [-0.05, 0) is 78.9 Å². The van der Waals surface area contributed by atoms with Gasteiger partial charge in [-0.1, -0.05) is 11.6 Å². The number of aromatic nitrogens is 5. The van der Waals surface area contributed by atoms with E-state index >= 15 is 0 Å². The van der Waals surface area contributed by atoms with E-state index in [1.54, 1.807) is 18.3 Å². The van der Waals surface area contributed by atoms with Crippen LogP contribution in [0.4, 0.5) is 17.6 Å². The number of hydrogen-bond acceptors (Lipinski definition) is 7. The molecule has 2 aromatic carbocycles. The van der Waals surface area contributed by atoms with E-state index in [-0.39, 0.29) is 16.7 Å². The van der Waals surface area contributed by atoms with Crippen LogP contribution < -0.4 is 0 Å². The highest BCUT2D eigenvalue weighted by Gasteiger charge is 2.51. The molecule has 4 aromatic rings. The maximum Gasteiger partial charge on any atom is 0.418 e. The molecule has 5 rings (SSSR count). The molecule has 42 heavy (non-hydrogen) atoms. The Hall–Kier alpha value is -2.63.